The molecule has 41 heavy (non-hydrogen) atoms. The van der Waals surface area contributed by atoms with E-state index >= 15 is 0 Å². The number of carbonyl (C=O) groups is 3. The van der Waals surface area contributed by atoms with Gasteiger partial charge in [0.1, 0.15) is 12.3 Å². The van der Waals surface area contributed by atoms with Crippen LogP contribution in [0.2, 0.25) is 0 Å². The van der Waals surface area contributed by atoms with Crippen LogP contribution in [0.1, 0.15) is 58.3 Å². The van der Waals surface area contributed by atoms with Gasteiger partial charge in [0.2, 0.25) is 0 Å². The lowest BCUT2D eigenvalue weighted by atomic mass is 10.0. The third-order valence-corrected chi connectivity index (χ3v) is 7.60. The van der Waals surface area contributed by atoms with E-state index in [1.165, 1.54) is 21.9 Å². The summed E-state index contributed by atoms with van der Waals surface area (Å²) >= 11 is 0. The monoisotopic (exact) mass is 551 g/mol. The van der Waals surface area contributed by atoms with E-state index in [9.17, 15) is 19.5 Å². The van der Waals surface area contributed by atoms with Gasteiger partial charge in [-0.05, 0) is 66.0 Å². The zero-order chi connectivity index (χ0) is 28.8. The minimum absolute atomic E-state index is 0.148. The van der Waals surface area contributed by atoms with Gasteiger partial charge in [-0.1, -0.05) is 66.7 Å². The molecule has 1 aliphatic rings. The van der Waals surface area contributed by atoms with Crippen molar-refractivity contribution in [3.05, 3.63) is 101 Å². The Morgan fingerprint density at radius 1 is 0.854 bits per heavy atom. The molecule has 7 nitrogen and oxygen atoms in total. The Morgan fingerprint density at radius 2 is 1.59 bits per heavy atom. The summed E-state index contributed by atoms with van der Waals surface area (Å²) in [5.74, 6) is -0.897. The summed E-state index contributed by atoms with van der Waals surface area (Å²) in [4.78, 5) is 35.2. The van der Waals surface area contributed by atoms with E-state index in [1.54, 1.807) is 6.07 Å². The van der Waals surface area contributed by atoms with E-state index in [-0.39, 0.29) is 25.2 Å². The third-order valence-electron chi connectivity index (χ3n) is 7.60. The van der Waals surface area contributed by atoms with Crippen molar-refractivity contribution in [2.24, 2.45) is 5.92 Å². The molecule has 0 spiro atoms. The van der Waals surface area contributed by atoms with Gasteiger partial charge in [-0.15, -0.1) is 0 Å². The minimum atomic E-state index is -1.05. The van der Waals surface area contributed by atoms with Crippen molar-refractivity contribution in [3.63, 3.8) is 0 Å². The molecule has 0 amide bonds. The van der Waals surface area contributed by atoms with Crippen LogP contribution in [0, 0.1) is 5.92 Å². The number of hydrogen-bond donors (Lipinski definition) is 2. The minimum Gasteiger partial charge on any atom is -0.494 e. The first-order valence-corrected chi connectivity index (χ1v) is 13.9. The number of carboxylic acids is 2. The summed E-state index contributed by atoms with van der Waals surface area (Å²) < 4.78 is 7.51. The SMILES string of the molecule is O=C(O)CCC(=O)c1cn(CC(=O)O)c2c(C=Cc3ccc(OCCCC4Cc5ccccc5C4)cc3)cccc12. The lowest BCUT2D eigenvalue weighted by molar-refractivity contribution is -0.138. The Labute approximate surface area is 238 Å². The number of rotatable bonds is 13. The number of nitrogens with zero attached hydrogens (tertiary/aromatic N) is 1. The smallest absolute Gasteiger partial charge is 0.323 e. The number of aliphatic carboxylic acids is 2. The largest absolute Gasteiger partial charge is 0.494 e. The molecule has 0 fully saturated rings. The molecular formula is C34H33NO6. The van der Waals surface area contributed by atoms with Crippen LogP contribution in [0.15, 0.2) is 72.9 Å². The van der Waals surface area contributed by atoms with Crippen molar-refractivity contribution in [2.75, 3.05) is 6.61 Å². The van der Waals surface area contributed by atoms with Crippen LogP contribution in [0.25, 0.3) is 23.1 Å². The standard InChI is InChI=1S/C34H33NO6/c36-31(16-17-32(37)38)30-21-35(22-33(39)40)34-25(8-3-9-29(30)34)13-10-23-11-14-28(15-12-23)41-18-4-5-24-19-26-6-1-2-7-27(26)20-24/h1-3,6-15,21,24H,4-5,16-20,22H2,(H,37,38)(H,39,40). The number of aromatic nitrogens is 1. The molecule has 0 aliphatic heterocycles. The average molecular weight is 552 g/mol. The zero-order valence-electron chi connectivity index (χ0n) is 22.8. The van der Waals surface area contributed by atoms with Crippen molar-refractivity contribution in [1.82, 2.24) is 4.57 Å². The first kappa shape index (κ1) is 27.9. The normalized spacial score (nSPS) is 13.1. The lowest BCUT2D eigenvalue weighted by Gasteiger charge is -2.10. The Bertz CT molecular complexity index is 1570. The summed E-state index contributed by atoms with van der Waals surface area (Å²) in [6, 6.07) is 22.0. The molecule has 0 saturated carbocycles. The van der Waals surface area contributed by atoms with Crippen molar-refractivity contribution < 1.29 is 29.3 Å². The molecule has 5 rings (SSSR count). The molecule has 7 heteroatoms. The molecule has 2 N–H and O–H groups in total. The molecule has 0 bridgehead atoms. The molecular weight excluding hydrogens is 518 g/mol. The first-order chi connectivity index (χ1) is 19.9. The number of ether oxygens (including phenoxy) is 1. The highest BCUT2D eigenvalue weighted by molar-refractivity contribution is 6.10. The molecule has 210 valence electrons. The van der Waals surface area contributed by atoms with Crippen LogP contribution in [0.4, 0.5) is 0 Å². The Kier molecular flexibility index (Phi) is 8.63. The van der Waals surface area contributed by atoms with E-state index in [0.29, 0.717) is 29.0 Å². The number of hydrogen-bond acceptors (Lipinski definition) is 4. The summed E-state index contributed by atoms with van der Waals surface area (Å²) in [6.07, 6.45) is 9.39. The molecule has 1 aliphatic carbocycles. The molecule has 0 radical (unpaired) electrons. The Hall–Kier alpha value is -4.65. The number of carboxylic acid groups (broad SMARTS) is 2. The van der Waals surface area contributed by atoms with Crippen molar-refractivity contribution in [3.8, 4) is 5.75 Å². The number of fused-ring (bicyclic) bond motifs is 2. The summed E-state index contributed by atoms with van der Waals surface area (Å²) in [6.45, 7) is 0.366. The van der Waals surface area contributed by atoms with E-state index in [4.69, 9.17) is 9.84 Å². The average Bonchev–Trinajstić information content (AvgIpc) is 3.55. The molecule has 0 unspecified atom stereocenters. The number of carbonyl (C=O) groups excluding carboxylic acids is 1. The van der Waals surface area contributed by atoms with Crippen LogP contribution in [-0.2, 0) is 29.0 Å². The zero-order valence-corrected chi connectivity index (χ0v) is 22.8. The van der Waals surface area contributed by atoms with Gasteiger partial charge >= 0.3 is 11.9 Å². The first-order valence-electron chi connectivity index (χ1n) is 13.9. The summed E-state index contributed by atoms with van der Waals surface area (Å²) in [5.41, 5.74) is 5.63. The summed E-state index contributed by atoms with van der Waals surface area (Å²) in [7, 11) is 0. The van der Waals surface area contributed by atoms with Crippen molar-refractivity contribution >= 4 is 40.8 Å². The van der Waals surface area contributed by atoms with Gasteiger partial charge < -0.3 is 19.5 Å². The molecule has 4 aromatic rings. The van der Waals surface area contributed by atoms with Crippen LogP contribution >= 0.6 is 0 Å². The predicted octanol–water partition coefficient (Wildman–Crippen LogP) is 6.52. The molecule has 0 saturated heterocycles. The topological polar surface area (TPSA) is 106 Å². The van der Waals surface area contributed by atoms with Gasteiger partial charge in [0.15, 0.2) is 5.78 Å². The molecule has 1 aromatic heterocycles. The predicted molar refractivity (Wildman–Crippen MR) is 158 cm³/mol. The van der Waals surface area contributed by atoms with Crippen molar-refractivity contribution in [1.29, 1.82) is 0 Å². The van der Waals surface area contributed by atoms with Gasteiger partial charge in [0, 0.05) is 23.6 Å². The highest BCUT2D eigenvalue weighted by atomic mass is 16.5. The highest BCUT2D eigenvalue weighted by Crippen LogP contribution is 2.30. The lowest BCUT2D eigenvalue weighted by Crippen LogP contribution is -2.08. The number of ketones is 1. The van der Waals surface area contributed by atoms with Gasteiger partial charge in [0.25, 0.3) is 0 Å². The van der Waals surface area contributed by atoms with Crippen LogP contribution < -0.4 is 4.74 Å². The van der Waals surface area contributed by atoms with E-state index in [2.05, 4.69) is 24.3 Å². The fraction of sp³-hybridized carbons (Fsp3) is 0.265. The second-order valence-electron chi connectivity index (χ2n) is 10.6. The maximum Gasteiger partial charge on any atom is 0.323 e. The number of para-hydroxylation sites is 1. The maximum atomic E-state index is 12.7. The van der Waals surface area contributed by atoms with Crippen LogP contribution in [0.5, 0.6) is 5.75 Å². The highest BCUT2D eigenvalue weighted by Gasteiger charge is 2.21. The Balaban J connectivity index is 1.22. The second kappa shape index (κ2) is 12.7. The molecule has 1 heterocycles. The van der Waals surface area contributed by atoms with E-state index < -0.39 is 11.9 Å². The van der Waals surface area contributed by atoms with Crippen molar-refractivity contribution in [2.45, 2.75) is 45.1 Å². The molecule has 3 aromatic carbocycles. The van der Waals surface area contributed by atoms with Crippen LogP contribution in [0.3, 0.4) is 0 Å². The van der Waals surface area contributed by atoms with Crippen LogP contribution in [-0.4, -0.2) is 39.1 Å². The van der Waals surface area contributed by atoms with E-state index in [0.717, 1.165) is 42.6 Å². The molecule has 0 atom stereocenters. The number of benzene rings is 3. The van der Waals surface area contributed by atoms with Gasteiger partial charge in [-0.2, -0.15) is 0 Å². The van der Waals surface area contributed by atoms with E-state index in [1.807, 2.05) is 48.6 Å². The second-order valence-corrected chi connectivity index (χ2v) is 10.6. The van der Waals surface area contributed by atoms with Gasteiger partial charge in [-0.3, -0.25) is 14.4 Å². The fourth-order valence-corrected chi connectivity index (χ4v) is 5.65. The Morgan fingerprint density at radius 3 is 2.27 bits per heavy atom. The van der Waals surface area contributed by atoms with Gasteiger partial charge in [-0.25, -0.2) is 0 Å². The summed E-state index contributed by atoms with van der Waals surface area (Å²) in [5, 5.41) is 19.0. The number of Topliss-reactive ketones (excluding diaryl/α,β-unsaturated/α-hetero) is 1. The quantitative estimate of drug-likeness (QED) is 0.111. The van der Waals surface area contributed by atoms with Gasteiger partial charge in [0.05, 0.1) is 18.5 Å². The maximum absolute atomic E-state index is 12.7. The third kappa shape index (κ3) is 6.92. The fourth-order valence-electron chi connectivity index (χ4n) is 5.65.